The monoisotopic (exact) mass is 239 g/mol. The molecule has 1 nitrogen and oxygen atoms in total. The van der Waals surface area contributed by atoms with E-state index < -0.39 is 5.92 Å². The first-order valence-electron chi connectivity index (χ1n) is 6.18. The van der Waals surface area contributed by atoms with E-state index in [9.17, 15) is 8.78 Å². The van der Waals surface area contributed by atoms with Crippen LogP contribution in [0.2, 0.25) is 0 Å². The van der Waals surface area contributed by atoms with E-state index >= 15 is 0 Å². The number of hydrogen-bond donors (Lipinski definition) is 1. The predicted octanol–water partition coefficient (Wildman–Crippen LogP) is 3.57. The third-order valence-electron chi connectivity index (χ3n) is 3.42. The highest BCUT2D eigenvalue weighted by Gasteiger charge is 2.30. The molecule has 1 aliphatic heterocycles. The van der Waals surface area contributed by atoms with Crippen LogP contribution in [0.1, 0.15) is 42.4 Å². The minimum absolute atomic E-state index is 0.191. The van der Waals surface area contributed by atoms with E-state index in [-0.39, 0.29) is 11.5 Å². The van der Waals surface area contributed by atoms with Crippen molar-refractivity contribution >= 4 is 0 Å². The molecular formula is C14H19F2N. The predicted molar refractivity (Wildman–Crippen MR) is 65.6 cm³/mol. The Labute approximate surface area is 101 Å². The van der Waals surface area contributed by atoms with Crippen LogP contribution in [-0.2, 0) is 5.92 Å². The fourth-order valence-electron chi connectivity index (χ4n) is 2.54. The van der Waals surface area contributed by atoms with E-state index in [2.05, 4.69) is 5.32 Å². The SMILES string of the molecule is Cc1ccc(C(C)(F)F)c(C2CCCNC2)c1. The van der Waals surface area contributed by atoms with Crippen molar-refractivity contribution in [2.45, 2.75) is 38.5 Å². The second-order valence-electron chi connectivity index (χ2n) is 5.02. The molecule has 94 valence electrons. The molecule has 17 heavy (non-hydrogen) atoms. The first-order valence-corrected chi connectivity index (χ1v) is 6.18. The molecule has 0 aliphatic carbocycles. The zero-order valence-electron chi connectivity index (χ0n) is 10.4. The van der Waals surface area contributed by atoms with E-state index in [1.165, 1.54) is 0 Å². The lowest BCUT2D eigenvalue weighted by Crippen LogP contribution is -2.29. The van der Waals surface area contributed by atoms with Crippen LogP contribution in [0.3, 0.4) is 0 Å². The lowest BCUT2D eigenvalue weighted by Gasteiger charge is -2.27. The summed E-state index contributed by atoms with van der Waals surface area (Å²) in [6.07, 6.45) is 2.06. The topological polar surface area (TPSA) is 12.0 Å². The average molecular weight is 239 g/mol. The molecule has 1 fully saturated rings. The van der Waals surface area contributed by atoms with Crippen LogP contribution in [0.4, 0.5) is 8.78 Å². The number of piperidine rings is 1. The summed E-state index contributed by atoms with van der Waals surface area (Å²) in [7, 11) is 0. The summed E-state index contributed by atoms with van der Waals surface area (Å²) in [5.74, 6) is -2.52. The van der Waals surface area contributed by atoms with Gasteiger partial charge in [0.15, 0.2) is 0 Å². The van der Waals surface area contributed by atoms with Gasteiger partial charge in [0.25, 0.3) is 5.92 Å². The van der Waals surface area contributed by atoms with E-state index in [0.29, 0.717) is 0 Å². The molecule has 1 unspecified atom stereocenters. The van der Waals surface area contributed by atoms with Crippen LogP contribution >= 0.6 is 0 Å². The van der Waals surface area contributed by atoms with Crippen molar-refractivity contribution in [1.82, 2.24) is 5.32 Å². The fourth-order valence-corrected chi connectivity index (χ4v) is 2.54. The normalized spacial score (nSPS) is 21.5. The van der Waals surface area contributed by atoms with Crippen LogP contribution in [0.5, 0.6) is 0 Å². The van der Waals surface area contributed by atoms with E-state index in [0.717, 1.165) is 44.0 Å². The number of nitrogens with one attached hydrogen (secondary N) is 1. The maximum Gasteiger partial charge on any atom is 0.270 e. The zero-order valence-corrected chi connectivity index (χ0v) is 10.4. The van der Waals surface area contributed by atoms with Gasteiger partial charge in [0, 0.05) is 19.0 Å². The van der Waals surface area contributed by atoms with Gasteiger partial charge >= 0.3 is 0 Å². The first kappa shape index (κ1) is 12.5. The molecule has 0 radical (unpaired) electrons. The smallest absolute Gasteiger partial charge is 0.270 e. The molecule has 0 bridgehead atoms. The summed E-state index contributed by atoms with van der Waals surface area (Å²) < 4.78 is 27.2. The first-order chi connectivity index (χ1) is 7.98. The molecule has 1 saturated heterocycles. The molecule has 2 rings (SSSR count). The molecule has 0 aromatic heterocycles. The largest absolute Gasteiger partial charge is 0.316 e. The lowest BCUT2D eigenvalue weighted by atomic mass is 9.86. The second-order valence-corrected chi connectivity index (χ2v) is 5.02. The number of benzene rings is 1. The van der Waals surface area contributed by atoms with Gasteiger partial charge in [-0.15, -0.1) is 0 Å². The molecule has 0 spiro atoms. The highest BCUT2D eigenvalue weighted by atomic mass is 19.3. The van der Waals surface area contributed by atoms with Gasteiger partial charge in [-0.1, -0.05) is 23.8 Å². The Morgan fingerprint density at radius 2 is 2.12 bits per heavy atom. The van der Waals surface area contributed by atoms with Crippen molar-refractivity contribution in [3.63, 3.8) is 0 Å². The molecule has 1 aliphatic rings. The summed E-state index contributed by atoms with van der Waals surface area (Å²) in [6, 6.07) is 5.27. The Balaban J connectivity index is 2.39. The third kappa shape index (κ3) is 2.83. The van der Waals surface area contributed by atoms with Crippen LogP contribution in [0.15, 0.2) is 18.2 Å². The number of alkyl halides is 2. The minimum atomic E-state index is -2.75. The summed E-state index contributed by atoms with van der Waals surface area (Å²) in [6.45, 7) is 4.75. The van der Waals surface area contributed by atoms with E-state index in [1.54, 1.807) is 12.1 Å². The quantitative estimate of drug-likeness (QED) is 0.832. The molecule has 0 amide bonds. The van der Waals surface area contributed by atoms with E-state index in [4.69, 9.17) is 0 Å². The lowest BCUT2D eigenvalue weighted by molar-refractivity contribution is 0.0160. The highest BCUT2D eigenvalue weighted by molar-refractivity contribution is 5.37. The fraction of sp³-hybridized carbons (Fsp3) is 0.571. The Kier molecular flexibility index (Phi) is 3.48. The Morgan fingerprint density at radius 3 is 2.71 bits per heavy atom. The number of rotatable bonds is 2. The van der Waals surface area contributed by atoms with Gasteiger partial charge in [0.2, 0.25) is 0 Å². The maximum absolute atomic E-state index is 13.6. The molecule has 1 aromatic rings. The third-order valence-corrected chi connectivity index (χ3v) is 3.42. The van der Waals surface area contributed by atoms with Crippen molar-refractivity contribution in [1.29, 1.82) is 0 Å². The molecule has 3 heteroatoms. The summed E-state index contributed by atoms with van der Waals surface area (Å²) in [5.41, 5.74) is 2.07. The van der Waals surface area contributed by atoms with Crippen molar-refractivity contribution < 1.29 is 8.78 Å². The van der Waals surface area contributed by atoms with Gasteiger partial charge in [-0.3, -0.25) is 0 Å². The summed E-state index contributed by atoms with van der Waals surface area (Å²) in [5, 5.41) is 3.29. The number of halogens is 2. The van der Waals surface area contributed by atoms with Crippen LogP contribution in [-0.4, -0.2) is 13.1 Å². The minimum Gasteiger partial charge on any atom is -0.316 e. The van der Waals surface area contributed by atoms with Crippen molar-refractivity contribution in [2.75, 3.05) is 13.1 Å². The van der Waals surface area contributed by atoms with E-state index in [1.807, 2.05) is 13.0 Å². The van der Waals surface area contributed by atoms with Gasteiger partial charge in [-0.25, -0.2) is 8.78 Å². The van der Waals surface area contributed by atoms with Gasteiger partial charge in [-0.05, 0) is 37.8 Å². The summed E-state index contributed by atoms with van der Waals surface area (Å²) >= 11 is 0. The summed E-state index contributed by atoms with van der Waals surface area (Å²) in [4.78, 5) is 0. The number of hydrogen-bond acceptors (Lipinski definition) is 1. The van der Waals surface area contributed by atoms with Crippen molar-refractivity contribution in [3.05, 3.63) is 34.9 Å². The zero-order chi connectivity index (χ0) is 12.5. The maximum atomic E-state index is 13.6. The second kappa shape index (κ2) is 4.73. The number of aryl methyl sites for hydroxylation is 1. The molecule has 1 aromatic carbocycles. The molecule has 1 heterocycles. The van der Waals surface area contributed by atoms with Gasteiger partial charge in [-0.2, -0.15) is 0 Å². The molecule has 0 saturated carbocycles. The standard InChI is InChI=1S/C14H19F2N/c1-10-5-6-13(14(2,15)16)12(8-10)11-4-3-7-17-9-11/h5-6,8,11,17H,3-4,7,9H2,1-2H3. The molecular weight excluding hydrogens is 220 g/mol. The Hall–Kier alpha value is -0.960. The van der Waals surface area contributed by atoms with Crippen LogP contribution in [0, 0.1) is 6.92 Å². The average Bonchev–Trinajstić information content (AvgIpc) is 2.28. The van der Waals surface area contributed by atoms with Crippen molar-refractivity contribution in [2.24, 2.45) is 0 Å². The van der Waals surface area contributed by atoms with Crippen LogP contribution < -0.4 is 5.32 Å². The van der Waals surface area contributed by atoms with Gasteiger partial charge in [0.05, 0.1) is 0 Å². The molecule has 1 atom stereocenters. The Morgan fingerprint density at radius 1 is 1.35 bits per heavy atom. The van der Waals surface area contributed by atoms with Crippen LogP contribution in [0.25, 0.3) is 0 Å². The van der Waals surface area contributed by atoms with Gasteiger partial charge < -0.3 is 5.32 Å². The van der Waals surface area contributed by atoms with Gasteiger partial charge in [0.1, 0.15) is 0 Å². The Bertz CT molecular complexity index is 390. The highest BCUT2D eigenvalue weighted by Crippen LogP contribution is 2.36. The molecule has 1 N–H and O–H groups in total. The van der Waals surface area contributed by atoms with Crippen molar-refractivity contribution in [3.8, 4) is 0 Å².